The number of nitrogens with one attached hydrogen (secondary N) is 1. The number of carbonyl (C=O) groups is 2. The molecular formula is C17H24N4O3. The molecule has 0 bridgehead atoms. The molecule has 130 valence electrons. The van der Waals surface area contributed by atoms with Gasteiger partial charge < -0.3 is 24.8 Å². The van der Waals surface area contributed by atoms with E-state index < -0.39 is 0 Å². The van der Waals surface area contributed by atoms with Gasteiger partial charge in [0.15, 0.2) is 0 Å². The molecule has 0 atom stereocenters. The van der Waals surface area contributed by atoms with Crippen molar-refractivity contribution in [3.8, 4) is 5.75 Å². The van der Waals surface area contributed by atoms with Crippen LogP contribution in [0.4, 0.5) is 5.69 Å². The second kappa shape index (κ2) is 7.53. The molecule has 1 aromatic carbocycles. The zero-order valence-electron chi connectivity index (χ0n) is 14.0. The minimum Gasteiger partial charge on any atom is -0.495 e. The van der Waals surface area contributed by atoms with E-state index in [0.717, 1.165) is 24.5 Å². The number of nitrogens with zero attached hydrogens (tertiary/aromatic N) is 3. The molecule has 2 amide bonds. The van der Waals surface area contributed by atoms with Crippen LogP contribution in [0.3, 0.4) is 0 Å². The first kappa shape index (κ1) is 16.6. The molecule has 0 spiro atoms. The van der Waals surface area contributed by atoms with Gasteiger partial charge in [-0.3, -0.25) is 9.59 Å². The summed E-state index contributed by atoms with van der Waals surface area (Å²) in [5, 5.41) is 3.19. The smallest absolute Gasteiger partial charge is 0.312 e. The lowest BCUT2D eigenvalue weighted by Crippen LogP contribution is -2.56. The van der Waals surface area contributed by atoms with Gasteiger partial charge in [-0.05, 0) is 12.1 Å². The first-order valence-corrected chi connectivity index (χ1v) is 8.37. The summed E-state index contributed by atoms with van der Waals surface area (Å²) in [5.41, 5.74) is 1.03. The summed E-state index contributed by atoms with van der Waals surface area (Å²) in [7, 11) is 1.66. The molecule has 2 fully saturated rings. The quantitative estimate of drug-likeness (QED) is 0.759. The number of amides is 2. The number of hydrogen-bond acceptors (Lipinski definition) is 5. The van der Waals surface area contributed by atoms with E-state index in [0.29, 0.717) is 39.3 Å². The Morgan fingerprint density at radius 2 is 1.50 bits per heavy atom. The summed E-state index contributed by atoms with van der Waals surface area (Å²) in [5.74, 6) is 0.0768. The minimum absolute atomic E-state index is 0.373. The largest absolute Gasteiger partial charge is 0.495 e. The molecule has 2 heterocycles. The molecule has 0 unspecified atom stereocenters. The first-order valence-electron chi connectivity index (χ1n) is 8.37. The fourth-order valence-corrected chi connectivity index (χ4v) is 3.18. The summed E-state index contributed by atoms with van der Waals surface area (Å²) < 4.78 is 5.40. The van der Waals surface area contributed by atoms with Crippen LogP contribution in [0.2, 0.25) is 0 Å². The second-order valence-electron chi connectivity index (χ2n) is 5.99. The normalized spacial score (nSPS) is 18.5. The SMILES string of the molecule is COc1ccccc1N1CCN(C(=O)C(=O)N2CCNCC2)CC1. The van der Waals surface area contributed by atoms with Gasteiger partial charge in [-0.15, -0.1) is 0 Å². The summed E-state index contributed by atoms with van der Waals surface area (Å²) in [6, 6.07) is 7.86. The van der Waals surface area contributed by atoms with Crippen LogP contribution in [0.5, 0.6) is 5.75 Å². The van der Waals surface area contributed by atoms with Crippen LogP contribution < -0.4 is 15.0 Å². The number of hydrogen-bond donors (Lipinski definition) is 1. The highest BCUT2D eigenvalue weighted by molar-refractivity contribution is 6.35. The lowest BCUT2D eigenvalue weighted by Gasteiger charge is -2.37. The summed E-state index contributed by atoms with van der Waals surface area (Å²) >= 11 is 0. The lowest BCUT2D eigenvalue weighted by atomic mass is 10.2. The molecule has 1 aromatic rings. The third kappa shape index (κ3) is 3.46. The highest BCUT2D eigenvalue weighted by atomic mass is 16.5. The molecular weight excluding hydrogens is 308 g/mol. The Bertz CT molecular complexity index is 593. The molecule has 2 aliphatic heterocycles. The van der Waals surface area contributed by atoms with Gasteiger partial charge >= 0.3 is 11.8 Å². The van der Waals surface area contributed by atoms with Crippen molar-refractivity contribution in [2.24, 2.45) is 0 Å². The average Bonchev–Trinajstić information content (AvgIpc) is 2.67. The third-order valence-corrected chi connectivity index (χ3v) is 4.58. The Balaban J connectivity index is 1.58. The Labute approximate surface area is 142 Å². The topological polar surface area (TPSA) is 65.1 Å². The molecule has 0 aliphatic carbocycles. The molecule has 0 radical (unpaired) electrons. The van der Waals surface area contributed by atoms with Crippen LogP contribution in [0.15, 0.2) is 24.3 Å². The monoisotopic (exact) mass is 332 g/mol. The third-order valence-electron chi connectivity index (χ3n) is 4.58. The summed E-state index contributed by atoms with van der Waals surface area (Å²) in [6.07, 6.45) is 0. The Morgan fingerprint density at radius 3 is 2.12 bits per heavy atom. The minimum atomic E-state index is -0.378. The molecule has 24 heavy (non-hydrogen) atoms. The number of methoxy groups -OCH3 is 1. The van der Waals surface area contributed by atoms with Crippen molar-refractivity contribution in [2.75, 3.05) is 64.4 Å². The van der Waals surface area contributed by atoms with Gasteiger partial charge in [0.25, 0.3) is 0 Å². The number of carbonyl (C=O) groups excluding carboxylic acids is 2. The first-order chi connectivity index (χ1) is 11.7. The van der Waals surface area contributed by atoms with Crippen LogP contribution >= 0.6 is 0 Å². The average molecular weight is 332 g/mol. The van der Waals surface area contributed by atoms with Crippen molar-refractivity contribution < 1.29 is 14.3 Å². The van der Waals surface area contributed by atoms with Gasteiger partial charge in [0.2, 0.25) is 0 Å². The molecule has 2 saturated heterocycles. The highest BCUT2D eigenvalue weighted by Gasteiger charge is 2.30. The van der Waals surface area contributed by atoms with E-state index in [-0.39, 0.29) is 11.8 Å². The van der Waals surface area contributed by atoms with E-state index in [1.54, 1.807) is 16.9 Å². The maximum Gasteiger partial charge on any atom is 0.312 e. The molecule has 7 heteroatoms. The van der Waals surface area contributed by atoms with E-state index >= 15 is 0 Å². The number of piperazine rings is 2. The van der Waals surface area contributed by atoms with Crippen molar-refractivity contribution in [1.29, 1.82) is 0 Å². The van der Waals surface area contributed by atoms with Crippen LogP contribution in [-0.2, 0) is 9.59 Å². The predicted octanol–water partition coefficient (Wildman–Crippen LogP) is -0.224. The Kier molecular flexibility index (Phi) is 5.20. The van der Waals surface area contributed by atoms with Crippen molar-refractivity contribution in [3.63, 3.8) is 0 Å². The van der Waals surface area contributed by atoms with E-state index in [2.05, 4.69) is 10.2 Å². The van der Waals surface area contributed by atoms with Gasteiger partial charge in [-0.2, -0.15) is 0 Å². The predicted molar refractivity (Wildman–Crippen MR) is 91.2 cm³/mol. The number of benzene rings is 1. The van der Waals surface area contributed by atoms with Crippen molar-refractivity contribution in [2.45, 2.75) is 0 Å². The van der Waals surface area contributed by atoms with Crippen molar-refractivity contribution in [1.82, 2.24) is 15.1 Å². The number of anilines is 1. The van der Waals surface area contributed by atoms with Gasteiger partial charge in [0.05, 0.1) is 12.8 Å². The van der Waals surface area contributed by atoms with E-state index in [1.807, 2.05) is 24.3 Å². The molecule has 3 rings (SSSR count). The fourth-order valence-electron chi connectivity index (χ4n) is 3.18. The maximum absolute atomic E-state index is 12.4. The zero-order chi connectivity index (χ0) is 16.9. The molecule has 0 saturated carbocycles. The lowest BCUT2D eigenvalue weighted by molar-refractivity contribution is -0.152. The summed E-state index contributed by atoms with van der Waals surface area (Å²) in [6.45, 7) is 5.20. The van der Waals surface area contributed by atoms with Crippen LogP contribution in [0.1, 0.15) is 0 Å². The van der Waals surface area contributed by atoms with E-state index in [1.165, 1.54) is 0 Å². The molecule has 0 aromatic heterocycles. The number of para-hydroxylation sites is 2. The molecule has 2 aliphatic rings. The van der Waals surface area contributed by atoms with Gasteiger partial charge in [-0.25, -0.2) is 0 Å². The molecule has 1 N–H and O–H groups in total. The number of rotatable bonds is 2. The van der Waals surface area contributed by atoms with Gasteiger partial charge in [0.1, 0.15) is 5.75 Å². The van der Waals surface area contributed by atoms with E-state index in [9.17, 15) is 9.59 Å². The van der Waals surface area contributed by atoms with E-state index in [4.69, 9.17) is 4.74 Å². The van der Waals surface area contributed by atoms with Gasteiger partial charge in [0, 0.05) is 52.4 Å². The van der Waals surface area contributed by atoms with Crippen LogP contribution in [0, 0.1) is 0 Å². The second-order valence-corrected chi connectivity index (χ2v) is 5.99. The fraction of sp³-hybridized carbons (Fsp3) is 0.529. The van der Waals surface area contributed by atoms with Crippen LogP contribution in [-0.4, -0.2) is 81.1 Å². The van der Waals surface area contributed by atoms with Crippen molar-refractivity contribution >= 4 is 17.5 Å². The molecule has 7 nitrogen and oxygen atoms in total. The van der Waals surface area contributed by atoms with Gasteiger partial charge in [-0.1, -0.05) is 12.1 Å². The Morgan fingerprint density at radius 1 is 0.917 bits per heavy atom. The van der Waals surface area contributed by atoms with Crippen molar-refractivity contribution in [3.05, 3.63) is 24.3 Å². The Hall–Kier alpha value is -2.28. The highest BCUT2D eigenvalue weighted by Crippen LogP contribution is 2.28. The van der Waals surface area contributed by atoms with Crippen LogP contribution in [0.25, 0.3) is 0 Å². The zero-order valence-corrected chi connectivity index (χ0v) is 14.0. The maximum atomic E-state index is 12.4. The number of ether oxygens (including phenoxy) is 1. The standard InChI is InChI=1S/C17H24N4O3/c1-24-15-5-3-2-4-14(15)19-10-12-21(13-11-19)17(23)16(22)20-8-6-18-7-9-20/h2-5,18H,6-13H2,1H3. The summed E-state index contributed by atoms with van der Waals surface area (Å²) in [4.78, 5) is 30.3.